The standard InChI is InChI=1S/C23H27N3O4S/c1-16-8-9-20(31-16)23(29)26-15-19-21(27)24(12-13-30-2)10-11-25(19)22(28)18(26)14-17-6-4-3-5-7-17/h3-9,18-19H,10-15H2,1-2H3/t18-,19-/m0/s1. The van der Waals surface area contributed by atoms with Crippen molar-refractivity contribution in [3.63, 3.8) is 0 Å². The van der Waals surface area contributed by atoms with Crippen LogP contribution in [0.1, 0.15) is 20.1 Å². The van der Waals surface area contributed by atoms with Crippen LogP contribution in [0.2, 0.25) is 0 Å². The molecule has 2 fully saturated rings. The molecule has 164 valence electrons. The Kier molecular flexibility index (Phi) is 6.38. The molecule has 0 unspecified atom stereocenters. The summed E-state index contributed by atoms with van der Waals surface area (Å²) < 4.78 is 5.12. The first kappa shape index (κ1) is 21.5. The van der Waals surface area contributed by atoms with E-state index < -0.39 is 12.1 Å². The summed E-state index contributed by atoms with van der Waals surface area (Å²) in [5, 5.41) is 0. The van der Waals surface area contributed by atoms with Crippen LogP contribution >= 0.6 is 11.3 Å². The fourth-order valence-electron chi connectivity index (χ4n) is 4.29. The molecule has 31 heavy (non-hydrogen) atoms. The molecule has 3 heterocycles. The van der Waals surface area contributed by atoms with Gasteiger partial charge in [-0.05, 0) is 24.6 Å². The Hall–Kier alpha value is -2.71. The minimum atomic E-state index is -0.643. The maximum atomic E-state index is 13.5. The van der Waals surface area contributed by atoms with Crippen LogP contribution < -0.4 is 0 Å². The van der Waals surface area contributed by atoms with Crippen molar-refractivity contribution in [1.29, 1.82) is 0 Å². The van der Waals surface area contributed by atoms with Gasteiger partial charge in [0.25, 0.3) is 5.91 Å². The molecule has 2 saturated heterocycles. The van der Waals surface area contributed by atoms with Crippen LogP contribution in [0.25, 0.3) is 0 Å². The van der Waals surface area contributed by atoms with E-state index in [4.69, 9.17) is 4.74 Å². The summed E-state index contributed by atoms with van der Waals surface area (Å²) >= 11 is 1.41. The molecule has 4 rings (SSSR count). The number of carbonyl (C=O) groups excluding carboxylic acids is 3. The Morgan fingerprint density at radius 3 is 2.55 bits per heavy atom. The van der Waals surface area contributed by atoms with E-state index in [-0.39, 0.29) is 24.3 Å². The summed E-state index contributed by atoms with van der Waals surface area (Å²) in [4.78, 5) is 46.7. The summed E-state index contributed by atoms with van der Waals surface area (Å²) in [5.74, 6) is -0.453. The van der Waals surface area contributed by atoms with Crippen LogP contribution in [0.5, 0.6) is 0 Å². The maximum absolute atomic E-state index is 13.5. The number of hydrogen-bond acceptors (Lipinski definition) is 5. The molecule has 8 heteroatoms. The fourth-order valence-corrected chi connectivity index (χ4v) is 5.11. The van der Waals surface area contributed by atoms with Crippen LogP contribution in [0.15, 0.2) is 42.5 Å². The highest BCUT2D eigenvalue weighted by molar-refractivity contribution is 7.13. The zero-order chi connectivity index (χ0) is 22.0. The van der Waals surface area contributed by atoms with Crippen LogP contribution in [-0.4, -0.2) is 84.4 Å². The van der Waals surface area contributed by atoms with Crippen molar-refractivity contribution in [2.75, 3.05) is 39.9 Å². The highest BCUT2D eigenvalue weighted by Crippen LogP contribution is 2.27. The minimum absolute atomic E-state index is 0.116. The average molecular weight is 442 g/mol. The van der Waals surface area contributed by atoms with E-state index in [1.807, 2.05) is 43.3 Å². The maximum Gasteiger partial charge on any atom is 0.264 e. The van der Waals surface area contributed by atoms with Gasteiger partial charge in [-0.2, -0.15) is 0 Å². The molecule has 7 nitrogen and oxygen atoms in total. The van der Waals surface area contributed by atoms with Gasteiger partial charge in [-0.3, -0.25) is 14.4 Å². The van der Waals surface area contributed by atoms with Crippen LogP contribution in [0.3, 0.4) is 0 Å². The van der Waals surface area contributed by atoms with E-state index in [9.17, 15) is 14.4 Å². The van der Waals surface area contributed by atoms with E-state index in [0.29, 0.717) is 37.5 Å². The number of piperazine rings is 2. The Labute approximate surface area is 186 Å². The fraction of sp³-hybridized carbons (Fsp3) is 0.435. The molecule has 0 saturated carbocycles. The van der Waals surface area contributed by atoms with E-state index >= 15 is 0 Å². The molecule has 0 spiro atoms. The van der Waals surface area contributed by atoms with E-state index in [0.717, 1.165) is 10.4 Å². The molecule has 2 aliphatic rings. The lowest BCUT2D eigenvalue weighted by molar-refractivity contribution is -0.160. The lowest BCUT2D eigenvalue weighted by atomic mass is 9.96. The second kappa shape index (κ2) is 9.20. The van der Waals surface area contributed by atoms with Crippen molar-refractivity contribution < 1.29 is 19.1 Å². The third kappa shape index (κ3) is 4.36. The van der Waals surface area contributed by atoms with E-state index in [1.54, 1.807) is 27.9 Å². The van der Waals surface area contributed by atoms with Gasteiger partial charge in [0.1, 0.15) is 12.1 Å². The van der Waals surface area contributed by atoms with Gasteiger partial charge in [0.2, 0.25) is 11.8 Å². The predicted molar refractivity (Wildman–Crippen MR) is 118 cm³/mol. The normalized spacial score (nSPS) is 21.4. The number of amides is 3. The first-order valence-electron chi connectivity index (χ1n) is 10.5. The van der Waals surface area contributed by atoms with Gasteiger partial charge in [0.15, 0.2) is 0 Å². The zero-order valence-electron chi connectivity index (χ0n) is 17.8. The number of aryl methyl sites for hydroxylation is 1. The van der Waals surface area contributed by atoms with Crippen LogP contribution in [-0.2, 0) is 20.7 Å². The molecule has 0 radical (unpaired) electrons. The molecule has 2 atom stereocenters. The topological polar surface area (TPSA) is 70.2 Å². The smallest absolute Gasteiger partial charge is 0.264 e. The molecular weight excluding hydrogens is 414 g/mol. The highest BCUT2D eigenvalue weighted by Gasteiger charge is 2.48. The number of carbonyl (C=O) groups is 3. The lowest BCUT2D eigenvalue weighted by Gasteiger charge is -2.49. The van der Waals surface area contributed by atoms with Crippen molar-refractivity contribution in [1.82, 2.24) is 14.7 Å². The number of benzene rings is 1. The van der Waals surface area contributed by atoms with Gasteiger partial charge in [0.05, 0.1) is 18.0 Å². The number of thiophene rings is 1. The first-order valence-corrected chi connectivity index (χ1v) is 11.3. The highest BCUT2D eigenvalue weighted by atomic mass is 32.1. The Morgan fingerprint density at radius 1 is 1.10 bits per heavy atom. The third-order valence-electron chi connectivity index (χ3n) is 5.95. The second-order valence-electron chi connectivity index (χ2n) is 7.94. The zero-order valence-corrected chi connectivity index (χ0v) is 18.6. The molecule has 2 aromatic rings. The molecule has 0 aliphatic carbocycles. The van der Waals surface area contributed by atoms with E-state index in [2.05, 4.69) is 0 Å². The number of rotatable bonds is 6. The SMILES string of the molecule is COCCN1CCN2C(=O)[C@H](Cc3ccccc3)N(C(=O)c3ccc(C)s3)C[C@H]2C1=O. The molecular formula is C23H27N3O4S. The summed E-state index contributed by atoms with van der Waals surface area (Å²) in [7, 11) is 1.60. The first-order chi connectivity index (χ1) is 15.0. The number of fused-ring (bicyclic) bond motifs is 1. The van der Waals surface area contributed by atoms with Gasteiger partial charge < -0.3 is 19.4 Å². The Balaban J connectivity index is 1.63. The quantitative estimate of drug-likeness (QED) is 0.686. The number of ether oxygens (including phenoxy) is 1. The molecule has 3 amide bonds. The van der Waals surface area contributed by atoms with E-state index in [1.165, 1.54) is 11.3 Å². The van der Waals surface area contributed by atoms with Gasteiger partial charge in [-0.15, -0.1) is 11.3 Å². The molecule has 1 aromatic carbocycles. The van der Waals surface area contributed by atoms with Crippen LogP contribution in [0.4, 0.5) is 0 Å². The lowest BCUT2D eigenvalue weighted by Crippen LogP contribution is -2.70. The van der Waals surface area contributed by atoms with Crippen molar-refractivity contribution in [3.05, 3.63) is 57.8 Å². The third-order valence-corrected chi connectivity index (χ3v) is 6.94. The van der Waals surface area contributed by atoms with Gasteiger partial charge >= 0.3 is 0 Å². The van der Waals surface area contributed by atoms with Gasteiger partial charge in [-0.1, -0.05) is 30.3 Å². The van der Waals surface area contributed by atoms with Crippen molar-refractivity contribution >= 4 is 29.1 Å². The van der Waals surface area contributed by atoms with Crippen molar-refractivity contribution in [2.24, 2.45) is 0 Å². The number of methoxy groups -OCH3 is 1. The molecule has 1 aromatic heterocycles. The Bertz CT molecular complexity index is 961. The monoisotopic (exact) mass is 441 g/mol. The molecule has 0 bridgehead atoms. The largest absolute Gasteiger partial charge is 0.383 e. The van der Waals surface area contributed by atoms with Gasteiger partial charge in [-0.25, -0.2) is 0 Å². The number of nitrogens with zero attached hydrogens (tertiary/aromatic N) is 3. The average Bonchev–Trinajstić information content (AvgIpc) is 3.22. The second-order valence-corrected chi connectivity index (χ2v) is 9.23. The van der Waals surface area contributed by atoms with Crippen LogP contribution in [0, 0.1) is 6.92 Å². The van der Waals surface area contributed by atoms with Crippen molar-refractivity contribution in [3.8, 4) is 0 Å². The number of hydrogen-bond donors (Lipinski definition) is 0. The Morgan fingerprint density at radius 2 is 1.87 bits per heavy atom. The van der Waals surface area contributed by atoms with Crippen molar-refractivity contribution in [2.45, 2.75) is 25.4 Å². The minimum Gasteiger partial charge on any atom is -0.383 e. The summed E-state index contributed by atoms with van der Waals surface area (Å²) in [6.07, 6.45) is 0.431. The van der Waals surface area contributed by atoms with Gasteiger partial charge in [0, 0.05) is 38.0 Å². The summed E-state index contributed by atoms with van der Waals surface area (Å²) in [6.45, 7) is 4.05. The molecule has 2 aliphatic heterocycles. The summed E-state index contributed by atoms with van der Waals surface area (Å²) in [6, 6.07) is 12.2. The summed E-state index contributed by atoms with van der Waals surface area (Å²) in [5.41, 5.74) is 0.990. The molecule has 0 N–H and O–H groups in total. The predicted octanol–water partition coefficient (Wildman–Crippen LogP) is 1.81.